The number of aromatic amines is 1. The lowest BCUT2D eigenvalue weighted by Crippen LogP contribution is -2.30. The number of carbonyl (C=O) groups excluding carboxylic acids is 1. The van der Waals surface area contributed by atoms with E-state index >= 15 is 0 Å². The first kappa shape index (κ1) is 8.58. The third kappa shape index (κ3) is 1.98. The molecular weight excluding hydrogens is 158 g/mol. The standard InChI is InChI=1S/C7H11N3O2/c1-2-4-8-7(12)10-5-3-6(11)9-10/h3,5H,2,4H2,1H3,(H,8,12)(H,9,11). The summed E-state index contributed by atoms with van der Waals surface area (Å²) in [6.45, 7) is 2.57. The number of hydrogen-bond acceptors (Lipinski definition) is 2. The number of H-pyrrole nitrogens is 1. The quantitative estimate of drug-likeness (QED) is 0.661. The zero-order valence-corrected chi connectivity index (χ0v) is 6.83. The van der Waals surface area contributed by atoms with Crippen molar-refractivity contribution in [3.63, 3.8) is 0 Å². The average Bonchev–Trinajstić information content (AvgIpc) is 2.47. The first-order valence-corrected chi connectivity index (χ1v) is 3.80. The van der Waals surface area contributed by atoms with Crippen LogP contribution < -0.4 is 10.9 Å². The molecule has 0 bridgehead atoms. The zero-order valence-electron chi connectivity index (χ0n) is 6.83. The Kier molecular flexibility index (Phi) is 2.68. The Labute approximate surface area is 69.4 Å². The largest absolute Gasteiger partial charge is 0.340 e. The molecular formula is C7H11N3O2. The second kappa shape index (κ2) is 3.75. The second-order valence-corrected chi connectivity index (χ2v) is 2.39. The summed E-state index contributed by atoms with van der Waals surface area (Å²) in [5.41, 5.74) is -0.276. The molecule has 0 spiro atoms. The lowest BCUT2D eigenvalue weighted by molar-refractivity contribution is 0.239. The summed E-state index contributed by atoms with van der Waals surface area (Å²) in [6, 6.07) is 0.991. The van der Waals surface area contributed by atoms with Crippen molar-refractivity contribution in [2.75, 3.05) is 6.54 Å². The fourth-order valence-corrected chi connectivity index (χ4v) is 0.771. The summed E-state index contributed by atoms with van der Waals surface area (Å²) >= 11 is 0. The van der Waals surface area contributed by atoms with Gasteiger partial charge in [0.2, 0.25) is 0 Å². The predicted octanol–water partition coefficient (Wildman–Crippen LogP) is 0.144. The maximum Gasteiger partial charge on any atom is 0.340 e. The number of nitrogens with zero attached hydrogens (tertiary/aromatic N) is 1. The van der Waals surface area contributed by atoms with Crippen LogP contribution in [0.5, 0.6) is 0 Å². The zero-order chi connectivity index (χ0) is 8.97. The van der Waals surface area contributed by atoms with Crippen molar-refractivity contribution in [1.29, 1.82) is 0 Å². The maximum absolute atomic E-state index is 11.1. The molecule has 0 atom stereocenters. The van der Waals surface area contributed by atoms with Crippen molar-refractivity contribution in [2.24, 2.45) is 0 Å². The highest BCUT2D eigenvalue weighted by atomic mass is 16.2. The van der Waals surface area contributed by atoms with Crippen molar-refractivity contribution in [3.05, 3.63) is 22.6 Å². The number of aromatic nitrogens is 2. The van der Waals surface area contributed by atoms with Crippen LogP contribution in [0.25, 0.3) is 0 Å². The SMILES string of the molecule is CCCNC(=O)n1ccc(=O)[nH]1. The van der Waals surface area contributed by atoms with Gasteiger partial charge in [-0.05, 0) is 6.42 Å². The van der Waals surface area contributed by atoms with Gasteiger partial charge in [0.25, 0.3) is 5.56 Å². The van der Waals surface area contributed by atoms with Crippen LogP contribution in [0.4, 0.5) is 4.79 Å². The van der Waals surface area contributed by atoms with Gasteiger partial charge in [-0.15, -0.1) is 0 Å². The van der Waals surface area contributed by atoms with Crippen LogP contribution >= 0.6 is 0 Å². The van der Waals surface area contributed by atoms with E-state index in [0.717, 1.165) is 11.1 Å². The summed E-state index contributed by atoms with van der Waals surface area (Å²) in [5, 5.41) is 4.95. The Hall–Kier alpha value is -1.52. The highest BCUT2D eigenvalue weighted by molar-refractivity contribution is 5.75. The Morgan fingerprint density at radius 2 is 2.50 bits per heavy atom. The third-order valence-electron chi connectivity index (χ3n) is 1.35. The van der Waals surface area contributed by atoms with Gasteiger partial charge in [0.1, 0.15) is 0 Å². The fraction of sp³-hybridized carbons (Fsp3) is 0.429. The molecule has 1 aromatic heterocycles. The summed E-state index contributed by atoms with van der Waals surface area (Å²) in [7, 11) is 0. The van der Waals surface area contributed by atoms with Crippen LogP contribution in [-0.2, 0) is 0 Å². The number of hydrogen-bond donors (Lipinski definition) is 2. The molecule has 66 valence electrons. The Morgan fingerprint density at radius 3 is 3.00 bits per heavy atom. The average molecular weight is 169 g/mol. The Balaban J connectivity index is 2.59. The van der Waals surface area contributed by atoms with Crippen molar-refractivity contribution in [1.82, 2.24) is 15.1 Å². The Bertz CT molecular complexity index is 312. The molecule has 0 aliphatic heterocycles. The van der Waals surface area contributed by atoms with Gasteiger partial charge in [0, 0.05) is 18.8 Å². The molecule has 5 heteroatoms. The van der Waals surface area contributed by atoms with Gasteiger partial charge in [-0.3, -0.25) is 9.89 Å². The number of nitrogens with one attached hydrogen (secondary N) is 2. The topological polar surface area (TPSA) is 66.9 Å². The highest BCUT2D eigenvalue weighted by Gasteiger charge is 2.01. The minimum atomic E-state index is -0.307. The van der Waals surface area contributed by atoms with Gasteiger partial charge in [-0.25, -0.2) is 9.48 Å². The van der Waals surface area contributed by atoms with E-state index in [-0.39, 0.29) is 11.6 Å². The van der Waals surface area contributed by atoms with Gasteiger partial charge in [-0.2, -0.15) is 0 Å². The molecule has 5 nitrogen and oxygen atoms in total. The van der Waals surface area contributed by atoms with Crippen LogP contribution in [0.3, 0.4) is 0 Å². The van der Waals surface area contributed by atoms with Crippen molar-refractivity contribution in [3.8, 4) is 0 Å². The van der Waals surface area contributed by atoms with E-state index in [1.54, 1.807) is 0 Å². The first-order chi connectivity index (χ1) is 5.74. The highest BCUT2D eigenvalue weighted by Crippen LogP contribution is 1.79. The molecule has 0 aliphatic carbocycles. The van der Waals surface area contributed by atoms with Gasteiger partial charge < -0.3 is 5.32 Å². The van der Waals surface area contributed by atoms with Crippen molar-refractivity contribution < 1.29 is 4.79 Å². The predicted molar refractivity (Wildman–Crippen MR) is 44.1 cm³/mol. The molecule has 0 aromatic carbocycles. The monoisotopic (exact) mass is 169 g/mol. The van der Waals surface area contributed by atoms with Gasteiger partial charge in [0.15, 0.2) is 0 Å². The van der Waals surface area contributed by atoms with E-state index < -0.39 is 0 Å². The van der Waals surface area contributed by atoms with Crippen LogP contribution in [0.15, 0.2) is 17.1 Å². The van der Waals surface area contributed by atoms with E-state index in [4.69, 9.17) is 0 Å². The Morgan fingerprint density at radius 1 is 1.75 bits per heavy atom. The number of rotatable bonds is 2. The molecule has 0 unspecified atom stereocenters. The van der Waals surface area contributed by atoms with E-state index in [2.05, 4.69) is 10.4 Å². The molecule has 1 heterocycles. The molecule has 1 amide bonds. The normalized spacial score (nSPS) is 9.75. The first-order valence-electron chi connectivity index (χ1n) is 3.80. The van der Waals surface area contributed by atoms with E-state index in [1.165, 1.54) is 12.3 Å². The van der Waals surface area contributed by atoms with Gasteiger partial charge in [-0.1, -0.05) is 6.92 Å². The lowest BCUT2D eigenvalue weighted by Gasteiger charge is -2.01. The molecule has 0 aliphatic rings. The van der Waals surface area contributed by atoms with Crippen molar-refractivity contribution in [2.45, 2.75) is 13.3 Å². The summed E-state index contributed by atoms with van der Waals surface area (Å²) < 4.78 is 1.12. The summed E-state index contributed by atoms with van der Waals surface area (Å²) in [4.78, 5) is 21.7. The lowest BCUT2D eigenvalue weighted by atomic mass is 10.5. The summed E-state index contributed by atoms with van der Waals surface area (Å²) in [5.74, 6) is 0. The smallest absolute Gasteiger partial charge is 0.336 e. The molecule has 0 saturated carbocycles. The molecule has 0 saturated heterocycles. The third-order valence-corrected chi connectivity index (χ3v) is 1.35. The molecule has 0 fully saturated rings. The molecule has 1 rings (SSSR count). The number of carbonyl (C=O) groups is 1. The minimum absolute atomic E-state index is 0.276. The molecule has 0 radical (unpaired) electrons. The second-order valence-electron chi connectivity index (χ2n) is 2.39. The van der Waals surface area contributed by atoms with Crippen LogP contribution in [0.2, 0.25) is 0 Å². The van der Waals surface area contributed by atoms with E-state index in [1.807, 2.05) is 6.92 Å². The molecule has 2 N–H and O–H groups in total. The molecule has 12 heavy (non-hydrogen) atoms. The van der Waals surface area contributed by atoms with Crippen LogP contribution in [0, 0.1) is 0 Å². The fourth-order valence-electron chi connectivity index (χ4n) is 0.771. The van der Waals surface area contributed by atoms with Crippen LogP contribution in [-0.4, -0.2) is 22.4 Å². The van der Waals surface area contributed by atoms with E-state index in [0.29, 0.717) is 6.54 Å². The minimum Gasteiger partial charge on any atom is -0.336 e. The van der Waals surface area contributed by atoms with Crippen LogP contribution in [0.1, 0.15) is 13.3 Å². The summed E-state index contributed by atoms with van der Waals surface area (Å²) in [6.07, 6.45) is 2.27. The van der Waals surface area contributed by atoms with Gasteiger partial charge >= 0.3 is 6.03 Å². The maximum atomic E-state index is 11.1. The number of amides is 1. The van der Waals surface area contributed by atoms with E-state index in [9.17, 15) is 9.59 Å². The van der Waals surface area contributed by atoms with Gasteiger partial charge in [0.05, 0.1) is 0 Å². The molecule has 1 aromatic rings. The van der Waals surface area contributed by atoms with Crippen molar-refractivity contribution >= 4 is 6.03 Å².